The molecule has 7 heteroatoms. The molecule has 1 amide bonds. The molecular weight excluding hydrogens is 382 g/mol. The molecule has 3 rings (SSSR count). The molecule has 0 fully saturated rings. The molecule has 0 aliphatic carbocycles. The predicted octanol–water partition coefficient (Wildman–Crippen LogP) is 3.76. The average Bonchev–Trinajstić information content (AvgIpc) is 3.11. The summed E-state index contributed by atoms with van der Waals surface area (Å²) in [6.45, 7) is 7.99. The number of thiocarbonyl (C=S) groups is 1. The van der Waals surface area contributed by atoms with Gasteiger partial charge < -0.3 is 5.32 Å². The van der Waals surface area contributed by atoms with Crippen molar-refractivity contribution in [2.24, 2.45) is 0 Å². The van der Waals surface area contributed by atoms with Gasteiger partial charge in [-0.1, -0.05) is 48.0 Å². The standard InChI is InChI=1S/C22H25N5OS/c1-15-10-12-16(13-11-15)19-18(14-27(26-19)17-8-6-5-7-9-17)20(28)24-25-21(29)23-22(2,3)4/h5-14H,1-4H3,(H,24,28)(H2,23,25,29). The van der Waals surface area contributed by atoms with Crippen LogP contribution in [0.15, 0.2) is 60.8 Å². The first-order valence-electron chi connectivity index (χ1n) is 9.33. The van der Waals surface area contributed by atoms with Crippen molar-refractivity contribution in [1.29, 1.82) is 0 Å². The number of rotatable bonds is 3. The van der Waals surface area contributed by atoms with Crippen LogP contribution in [0.5, 0.6) is 0 Å². The van der Waals surface area contributed by atoms with Crippen molar-refractivity contribution in [1.82, 2.24) is 25.9 Å². The van der Waals surface area contributed by atoms with Crippen LogP contribution in [0.2, 0.25) is 0 Å². The van der Waals surface area contributed by atoms with Crippen molar-refractivity contribution in [3.8, 4) is 16.9 Å². The Morgan fingerprint density at radius 3 is 2.28 bits per heavy atom. The van der Waals surface area contributed by atoms with Gasteiger partial charge in [0.1, 0.15) is 5.69 Å². The lowest BCUT2D eigenvalue weighted by atomic mass is 10.1. The average molecular weight is 408 g/mol. The predicted molar refractivity (Wildman–Crippen MR) is 120 cm³/mol. The zero-order valence-corrected chi connectivity index (χ0v) is 17.8. The van der Waals surface area contributed by atoms with E-state index in [1.54, 1.807) is 10.9 Å². The lowest BCUT2D eigenvalue weighted by Crippen LogP contribution is -2.52. The highest BCUT2D eigenvalue weighted by molar-refractivity contribution is 7.80. The third-order valence-electron chi connectivity index (χ3n) is 4.08. The Bertz CT molecular complexity index is 1000. The van der Waals surface area contributed by atoms with E-state index in [0.29, 0.717) is 16.4 Å². The minimum Gasteiger partial charge on any atom is -0.357 e. The van der Waals surface area contributed by atoms with E-state index in [9.17, 15) is 4.79 Å². The molecule has 0 aliphatic rings. The quantitative estimate of drug-likeness (QED) is 0.456. The molecule has 150 valence electrons. The van der Waals surface area contributed by atoms with Crippen LogP contribution in [0.1, 0.15) is 36.7 Å². The highest BCUT2D eigenvalue weighted by Crippen LogP contribution is 2.24. The van der Waals surface area contributed by atoms with Crippen LogP contribution >= 0.6 is 12.2 Å². The van der Waals surface area contributed by atoms with Crippen molar-refractivity contribution in [2.45, 2.75) is 33.2 Å². The summed E-state index contributed by atoms with van der Waals surface area (Å²) in [5.74, 6) is -0.319. The third-order valence-corrected chi connectivity index (χ3v) is 4.29. The molecule has 0 radical (unpaired) electrons. The Balaban J connectivity index is 1.89. The second-order valence-electron chi connectivity index (χ2n) is 7.82. The number of hydrogen-bond acceptors (Lipinski definition) is 3. The molecule has 3 aromatic rings. The van der Waals surface area contributed by atoms with E-state index in [4.69, 9.17) is 12.2 Å². The number of amides is 1. The summed E-state index contributed by atoms with van der Waals surface area (Å²) in [5, 5.41) is 8.11. The first-order valence-corrected chi connectivity index (χ1v) is 9.74. The van der Waals surface area contributed by atoms with Gasteiger partial charge in [0.25, 0.3) is 5.91 Å². The maximum absolute atomic E-state index is 12.9. The SMILES string of the molecule is Cc1ccc(-c2nn(-c3ccccc3)cc2C(=O)NNC(=S)NC(C)(C)C)cc1. The second-order valence-corrected chi connectivity index (χ2v) is 8.23. The van der Waals surface area contributed by atoms with Crippen LogP contribution in [-0.2, 0) is 0 Å². The van der Waals surface area contributed by atoms with Crippen molar-refractivity contribution in [2.75, 3.05) is 0 Å². The highest BCUT2D eigenvalue weighted by Gasteiger charge is 2.19. The summed E-state index contributed by atoms with van der Waals surface area (Å²) in [7, 11) is 0. The van der Waals surface area contributed by atoms with Crippen LogP contribution < -0.4 is 16.2 Å². The number of hydrogen-bond donors (Lipinski definition) is 3. The highest BCUT2D eigenvalue weighted by atomic mass is 32.1. The lowest BCUT2D eigenvalue weighted by Gasteiger charge is -2.23. The van der Waals surface area contributed by atoms with E-state index in [2.05, 4.69) is 21.3 Å². The number of para-hydroxylation sites is 1. The van der Waals surface area contributed by atoms with Crippen LogP contribution in [-0.4, -0.2) is 26.3 Å². The summed E-state index contributed by atoms with van der Waals surface area (Å²) in [6, 6.07) is 17.6. The summed E-state index contributed by atoms with van der Waals surface area (Å²) in [4.78, 5) is 12.9. The smallest absolute Gasteiger partial charge is 0.273 e. The molecule has 1 aromatic heterocycles. The topological polar surface area (TPSA) is 71.0 Å². The molecule has 1 heterocycles. The number of carbonyl (C=O) groups is 1. The summed E-state index contributed by atoms with van der Waals surface area (Å²) in [6.07, 6.45) is 1.72. The van der Waals surface area contributed by atoms with Crippen molar-refractivity contribution in [3.63, 3.8) is 0 Å². The Morgan fingerprint density at radius 2 is 1.66 bits per heavy atom. The molecule has 0 bridgehead atoms. The van der Waals surface area contributed by atoms with Gasteiger partial charge in [-0.15, -0.1) is 0 Å². The largest absolute Gasteiger partial charge is 0.357 e. The summed E-state index contributed by atoms with van der Waals surface area (Å²) >= 11 is 5.24. The van der Waals surface area contributed by atoms with Crippen molar-refractivity contribution < 1.29 is 4.79 Å². The van der Waals surface area contributed by atoms with Gasteiger partial charge in [0.05, 0.1) is 11.3 Å². The van der Waals surface area contributed by atoms with Gasteiger partial charge in [0.15, 0.2) is 5.11 Å². The molecule has 0 saturated heterocycles. The molecule has 29 heavy (non-hydrogen) atoms. The summed E-state index contributed by atoms with van der Waals surface area (Å²) < 4.78 is 1.70. The minimum atomic E-state index is -0.319. The van der Waals surface area contributed by atoms with Crippen LogP contribution in [0, 0.1) is 6.92 Å². The number of carbonyl (C=O) groups excluding carboxylic acids is 1. The number of nitrogens with zero attached hydrogens (tertiary/aromatic N) is 2. The fourth-order valence-corrected chi connectivity index (χ4v) is 3.09. The first-order chi connectivity index (χ1) is 13.7. The van der Waals surface area contributed by atoms with Crippen LogP contribution in [0.4, 0.5) is 0 Å². The molecule has 0 aliphatic heterocycles. The van der Waals surface area contributed by atoms with Gasteiger partial charge in [-0.05, 0) is 52.0 Å². The molecule has 0 spiro atoms. The zero-order chi connectivity index (χ0) is 21.0. The summed E-state index contributed by atoms with van der Waals surface area (Å²) in [5.41, 5.74) is 9.14. The molecule has 0 saturated carbocycles. The van der Waals surface area contributed by atoms with Gasteiger partial charge >= 0.3 is 0 Å². The van der Waals surface area contributed by atoms with Gasteiger partial charge in [0, 0.05) is 17.3 Å². The molecule has 3 N–H and O–H groups in total. The first kappa shape index (κ1) is 20.5. The Morgan fingerprint density at radius 1 is 1.00 bits per heavy atom. The Kier molecular flexibility index (Phi) is 5.98. The van der Waals surface area contributed by atoms with Gasteiger partial charge in [-0.3, -0.25) is 15.6 Å². The number of aromatic nitrogens is 2. The minimum absolute atomic E-state index is 0.208. The van der Waals surface area contributed by atoms with E-state index in [1.165, 1.54) is 0 Å². The maximum atomic E-state index is 12.9. The fourth-order valence-electron chi connectivity index (χ4n) is 2.73. The van der Waals surface area contributed by atoms with Crippen molar-refractivity contribution in [3.05, 3.63) is 71.9 Å². The normalized spacial score (nSPS) is 11.0. The molecule has 2 aromatic carbocycles. The zero-order valence-electron chi connectivity index (χ0n) is 17.0. The van der Waals surface area contributed by atoms with Crippen molar-refractivity contribution >= 4 is 23.2 Å². The van der Waals surface area contributed by atoms with Crippen LogP contribution in [0.3, 0.4) is 0 Å². The van der Waals surface area contributed by atoms with E-state index in [-0.39, 0.29) is 11.4 Å². The monoisotopic (exact) mass is 407 g/mol. The Labute approximate surface area is 176 Å². The number of nitrogens with one attached hydrogen (secondary N) is 3. The molecule has 6 nitrogen and oxygen atoms in total. The van der Waals surface area contributed by atoms with Gasteiger partial charge in [-0.25, -0.2) is 4.68 Å². The number of aryl methyl sites for hydroxylation is 1. The molecule has 0 unspecified atom stereocenters. The maximum Gasteiger partial charge on any atom is 0.273 e. The Hall–Kier alpha value is -3.19. The lowest BCUT2D eigenvalue weighted by molar-refractivity contribution is 0.0944. The molecule has 0 atom stereocenters. The fraction of sp³-hybridized carbons (Fsp3) is 0.227. The number of hydrazine groups is 1. The number of benzene rings is 2. The van der Waals surface area contributed by atoms with E-state index < -0.39 is 0 Å². The van der Waals surface area contributed by atoms with Gasteiger partial charge in [-0.2, -0.15) is 5.10 Å². The van der Waals surface area contributed by atoms with E-state index in [0.717, 1.165) is 16.8 Å². The second kappa shape index (κ2) is 8.45. The third kappa shape index (κ3) is 5.42. The van der Waals surface area contributed by atoms with Gasteiger partial charge in [0.2, 0.25) is 0 Å². The van der Waals surface area contributed by atoms with Crippen LogP contribution in [0.25, 0.3) is 16.9 Å². The van der Waals surface area contributed by atoms with E-state index >= 15 is 0 Å². The molecular formula is C22H25N5OS. The van der Waals surface area contributed by atoms with E-state index in [1.807, 2.05) is 82.3 Å².